The molecule has 2 atom stereocenters. The quantitative estimate of drug-likeness (QED) is 0.472. The SMILES string of the molecule is C=CC(=O)N[C@H]1COC[C@H]1Nc1ncc2cc(-c3c(Cl)c(CC)cc(OC)c3Cl)ccc2n1. The first kappa shape index (κ1) is 23.3. The number of ether oxygens (including phenoxy) is 2. The van der Waals surface area contributed by atoms with Crippen LogP contribution in [0, 0.1) is 0 Å². The Kier molecular flexibility index (Phi) is 7.02. The van der Waals surface area contributed by atoms with Gasteiger partial charge in [0.25, 0.3) is 0 Å². The third-order valence-corrected chi connectivity index (χ3v) is 6.43. The number of anilines is 1. The standard InChI is InChI=1S/C24H24Cl2N4O3/c1-4-13-9-19(32-3)23(26)21(22(13)25)14-6-7-16-15(8-14)10-27-24(29-16)30-18-12-33-11-17(18)28-20(31)5-2/h5-10,17-18H,2,4,11-12H2,1,3H3,(H,28,31)(H,27,29,30)/t17-,18+/m0/s1. The van der Waals surface area contributed by atoms with Gasteiger partial charge in [0.15, 0.2) is 0 Å². The molecule has 3 aromatic rings. The molecule has 1 fully saturated rings. The van der Waals surface area contributed by atoms with E-state index in [4.69, 9.17) is 32.7 Å². The Morgan fingerprint density at radius 2 is 2.06 bits per heavy atom. The highest BCUT2D eigenvalue weighted by Crippen LogP contribution is 2.43. The number of fused-ring (bicyclic) bond motifs is 1. The summed E-state index contributed by atoms with van der Waals surface area (Å²) < 4.78 is 10.9. The predicted molar refractivity (Wildman–Crippen MR) is 131 cm³/mol. The molecule has 4 rings (SSSR count). The Labute approximate surface area is 202 Å². The van der Waals surface area contributed by atoms with Crippen LogP contribution in [0.2, 0.25) is 10.0 Å². The number of carbonyl (C=O) groups is 1. The van der Waals surface area contributed by atoms with Crippen molar-refractivity contribution < 1.29 is 14.3 Å². The maximum atomic E-state index is 11.6. The maximum absolute atomic E-state index is 11.6. The Balaban J connectivity index is 1.63. The third kappa shape index (κ3) is 4.76. The Hall–Kier alpha value is -2.87. The van der Waals surface area contributed by atoms with Crippen LogP contribution >= 0.6 is 23.2 Å². The lowest BCUT2D eigenvalue weighted by atomic mass is 9.99. The number of amides is 1. The van der Waals surface area contributed by atoms with Crippen LogP contribution in [0.4, 0.5) is 5.95 Å². The molecule has 2 heterocycles. The summed E-state index contributed by atoms with van der Waals surface area (Å²) in [5.41, 5.74) is 3.29. The van der Waals surface area contributed by atoms with E-state index in [1.807, 2.05) is 31.2 Å². The van der Waals surface area contributed by atoms with Crippen LogP contribution in [0.3, 0.4) is 0 Å². The van der Waals surface area contributed by atoms with Crippen molar-refractivity contribution >= 4 is 46.0 Å². The summed E-state index contributed by atoms with van der Waals surface area (Å²) in [6.45, 7) is 6.37. The van der Waals surface area contributed by atoms with Crippen LogP contribution in [-0.4, -0.2) is 48.3 Å². The zero-order chi connectivity index (χ0) is 23.5. The number of benzene rings is 2. The molecule has 2 aromatic carbocycles. The first-order chi connectivity index (χ1) is 15.9. The maximum Gasteiger partial charge on any atom is 0.243 e. The zero-order valence-corrected chi connectivity index (χ0v) is 19.8. The van der Waals surface area contributed by atoms with Gasteiger partial charge < -0.3 is 20.1 Å². The molecule has 0 saturated carbocycles. The highest BCUT2D eigenvalue weighted by molar-refractivity contribution is 6.40. The van der Waals surface area contributed by atoms with Gasteiger partial charge >= 0.3 is 0 Å². The summed E-state index contributed by atoms with van der Waals surface area (Å²) in [5.74, 6) is 0.792. The van der Waals surface area contributed by atoms with E-state index >= 15 is 0 Å². The summed E-state index contributed by atoms with van der Waals surface area (Å²) in [7, 11) is 1.59. The minimum atomic E-state index is -0.245. The molecule has 172 valence electrons. The van der Waals surface area contributed by atoms with Crippen molar-refractivity contribution in [3.63, 3.8) is 0 Å². The van der Waals surface area contributed by atoms with Crippen LogP contribution in [0.1, 0.15) is 12.5 Å². The van der Waals surface area contributed by atoms with Gasteiger partial charge in [-0.05, 0) is 41.8 Å². The number of aromatic nitrogens is 2. The molecule has 1 saturated heterocycles. The van der Waals surface area contributed by atoms with E-state index in [0.29, 0.717) is 35.0 Å². The van der Waals surface area contributed by atoms with Crippen molar-refractivity contribution in [1.29, 1.82) is 0 Å². The molecule has 9 heteroatoms. The summed E-state index contributed by atoms with van der Waals surface area (Å²) in [6.07, 6.45) is 3.73. The molecular formula is C24H24Cl2N4O3. The summed E-state index contributed by atoms with van der Waals surface area (Å²) in [4.78, 5) is 20.7. The van der Waals surface area contributed by atoms with Gasteiger partial charge in [0.2, 0.25) is 11.9 Å². The van der Waals surface area contributed by atoms with Crippen molar-refractivity contribution in [3.05, 3.63) is 58.7 Å². The Bertz CT molecular complexity index is 1190. The van der Waals surface area contributed by atoms with Gasteiger partial charge in [0.1, 0.15) is 5.75 Å². The van der Waals surface area contributed by atoms with Crippen molar-refractivity contribution in [1.82, 2.24) is 15.3 Å². The monoisotopic (exact) mass is 486 g/mol. The summed E-state index contributed by atoms with van der Waals surface area (Å²) in [5, 5.41) is 8.02. The highest BCUT2D eigenvalue weighted by atomic mass is 35.5. The molecule has 2 N–H and O–H groups in total. The largest absolute Gasteiger partial charge is 0.495 e. The molecule has 0 aliphatic carbocycles. The fourth-order valence-electron chi connectivity index (χ4n) is 3.83. The molecule has 0 radical (unpaired) electrons. The van der Waals surface area contributed by atoms with E-state index in [1.165, 1.54) is 6.08 Å². The third-order valence-electron chi connectivity index (χ3n) is 5.62. The molecule has 1 amide bonds. The van der Waals surface area contributed by atoms with Gasteiger partial charge in [0, 0.05) is 17.1 Å². The molecule has 7 nitrogen and oxygen atoms in total. The van der Waals surface area contributed by atoms with E-state index in [1.54, 1.807) is 13.3 Å². The lowest BCUT2D eigenvalue weighted by Crippen LogP contribution is -2.45. The molecule has 1 aliphatic rings. The number of rotatable bonds is 7. The van der Waals surface area contributed by atoms with Crippen LogP contribution in [-0.2, 0) is 16.0 Å². The van der Waals surface area contributed by atoms with E-state index in [0.717, 1.165) is 34.0 Å². The zero-order valence-electron chi connectivity index (χ0n) is 18.3. The summed E-state index contributed by atoms with van der Waals surface area (Å²) in [6, 6.07) is 7.31. The number of halogens is 2. The van der Waals surface area contributed by atoms with Gasteiger partial charge in [-0.1, -0.05) is 42.8 Å². The Morgan fingerprint density at radius 1 is 1.27 bits per heavy atom. The van der Waals surface area contributed by atoms with Crippen molar-refractivity contribution in [2.45, 2.75) is 25.4 Å². The smallest absolute Gasteiger partial charge is 0.243 e. The highest BCUT2D eigenvalue weighted by Gasteiger charge is 2.29. The number of hydrogen-bond acceptors (Lipinski definition) is 6. The number of carbonyl (C=O) groups excluding carboxylic acids is 1. The number of hydrogen-bond donors (Lipinski definition) is 2. The lowest BCUT2D eigenvalue weighted by Gasteiger charge is -2.19. The van der Waals surface area contributed by atoms with Crippen LogP contribution < -0.4 is 15.4 Å². The van der Waals surface area contributed by atoms with Gasteiger partial charge in [0.05, 0.1) is 48.0 Å². The fraction of sp³-hybridized carbons (Fsp3) is 0.292. The molecule has 1 aliphatic heterocycles. The predicted octanol–water partition coefficient (Wildman–Crippen LogP) is 4.66. The molecule has 0 spiro atoms. The molecular weight excluding hydrogens is 463 g/mol. The second-order valence-electron chi connectivity index (χ2n) is 7.67. The van der Waals surface area contributed by atoms with Crippen LogP contribution in [0.5, 0.6) is 5.75 Å². The van der Waals surface area contributed by atoms with Crippen LogP contribution in [0.15, 0.2) is 43.1 Å². The first-order valence-electron chi connectivity index (χ1n) is 10.5. The number of aryl methyl sites for hydroxylation is 1. The average molecular weight is 487 g/mol. The second-order valence-corrected chi connectivity index (χ2v) is 8.43. The van der Waals surface area contributed by atoms with E-state index in [-0.39, 0.29) is 18.0 Å². The van der Waals surface area contributed by atoms with Gasteiger partial charge in [-0.25, -0.2) is 9.97 Å². The van der Waals surface area contributed by atoms with Gasteiger partial charge in [-0.3, -0.25) is 4.79 Å². The van der Waals surface area contributed by atoms with E-state index < -0.39 is 0 Å². The molecule has 0 bridgehead atoms. The van der Waals surface area contributed by atoms with Crippen molar-refractivity contribution in [2.75, 3.05) is 25.6 Å². The van der Waals surface area contributed by atoms with E-state index in [2.05, 4.69) is 27.2 Å². The average Bonchev–Trinajstić information content (AvgIpc) is 3.25. The van der Waals surface area contributed by atoms with Gasteiger partial charge in [-0.15, -0.1) is 0 Å². The second kappa shape index (κ2) is 9.95. The number of nitrogens with one attached hydrogen (secondary N) is 2. The van der Waals surface area contributed by atoms with Crippen molar-refractivity contribution in [3.8, 4) is 16.9 Å². The minimum absolute atomic E-state index is 0.146. The topological polar surface area (TPSA) is 85.4 Å². The normalized spacial score (nSPS) is 17.7. The molecule has 33 heavy (non-hydrogen) atoms. The van der Waals surface area contributed by atoms with E-state index in [9.17, 15) is 4.79 Å². The molecule has 1 aromatic heterocycles. The number of methoxy groups -OCH3 is 1. The first-order valence-corrected chi connectivity index (χ1v) is 11.3. The van der Waals surface area contributed by atoms with Gasteiger partial charge in [-0.2, -0.15) is 0 Å². The summed E-state index contributed by atoms with van der Waals surface area (Å²) >= 11 is 13.3. The Morgan fingerprint density at radius 3 is 2.79 bits per heavy atom. The molecule has 0 unspecified atom stereocenters. The minimum Gasteiger partial charge on any atom is -0.495 e. The fourth-order valence-corrected chi connectivity index (χ4v) is 4.60. The van der Waals surface area contributed by atoms with Crippen molar-refractivity contribution in [2.24, 2.45) is 0 Å². The number of nitrogens with zero attached hydrogens (tertiary/aromatic N) is 2. The lowest BCUT2D eigenvalue weighted by molar-refractivity contribution is -0.117. The van der Waals surface area contributed by atoms with Crippen LogP contribution in [0.25, 0.3) is 22.0 Å².